The van der Waals surface area contributed by atoms with E-state index < -0.39 is 0 Å². The van der Waals surface area contributed by atoms with Gasteiger partial charge in [0.2, 0.25) is 0 Å². The fourth-order valence-corrected chi connectivity index (χ4v) is 1.82. The van der Waals surface area contributed by atoms with Gasteiger partial charge in [0.1, 0.15) is 0 Å². The summed E-state index contributed by atoms with van der Waals surface area (Å²) in [5.74, 6) is 6.99. The molecule has 0 aromatic rings. The highest BCUT2D eigenvalue weighted by atomic mass is 15.3. The SMILES string of the molecule is CC(C)C#CCN1CCN(CNC(C)(C)C)CC1. The molecule has 1 heterocycles. The molecule has 18 heavy (non-hydrogen) atoms. The van der Waals surface area contributed by atoms with Gasteiger partial charge in [0.05, 0.1) is 6.54 Å². The number of hydrogen-bond donors (Lipinski definition) is 1. The van der Waals surface area contributed by atoms with Crippen molar-refractivity contribution >= 4 is 0 Å². The van der Waals surface area contributed by atoms with Gasteiger partial charge in [0.25, 0.3) is 0 Å². The number of rotatable bonds is 3. The van der Waals surface area contributed by atoms with Crippen LogP contribution in [0.2, 0.25) is 0 Å². The lowest BCUT2D eigenvalue weighted by Crippen LogP contribution is -2.52. The van der Waals surface area contributed by atoms with E-state index in [9.17, 15) is 0 Å². The molecule has 0 radical (unpaired) electrons. The van der Waals surface area contributed by atoms with Gasteiger partial charge in [-0.05, 0) is 20.8 Å². The molecule has 0 aromatic carbocycles. The van der Waals surface area contributed by atoms with Gasteiger partial charge in [-0.25, -0.2) is 0 Å². The molecule has 1 aliphatic heterocycles. The summed E-state index contributed by atoms with van der Waals surface area (Å²) in [6, 6.07) is 0. The maximum atomic E-state index is 3.54. The van der Waals surface area contributed by atoms with Crippen LogP contribution in [-0.2, 0) is 0 Å². The lowest BCUT2D eigenvalue weighted by Gasteiger charge is -2.35. The molecule has 1 fully saturated rings. The largest absolute Gasteiger partial charge is 0.300 e. The van der Waals surface area contributed by atoms with E-state index in [1.807, 2.05) is 0 Å². The molecule has 3 nitrogen and oxygen atoms in total. The van der Waals surface area contributed by atoms with Crippen LogP contribution in [0.1, 0.15) is 34.6 Å². The highest BCUT2D eigenvalue weighted by Crippen LogP contribution is 2.03. The summed E-state index contributed by atoms with van der Waals surface area (Å²) in [5.41, 5.74) is 0.208. The van der Waals surface area contributed by atoms with Crippen LogP contribution in [-0.4, -0.2) is 54.7 Å². The monoisotopic (exact) mass is 251 g/mol. The minimum Gasteiger partial charge on any atom is -0.300 e. The van der Waals surface area contributed by atoms with Crippen molar-refractivity contribution in [3.05, 3.63) is 0 Å². The first-order valence-corrected chi connectivity index (χ1v) is 7.05. The summed E-state index contributed by atoms with van der Waals surface area (Å²) in [6.07, 6.45) is 0. The van der Waals surface area contributed by atoms with E-state index >= 15 is 0 Å². The highest BCUT2D eigenvalue weighted by molar-refractivity contribution is 5.03. The summed E-state index contributed by atoms with van der Waals surface area (Å²) in [6.45, 7) is 17.4. The molecule has 0 saturated carbocycles. The molecule has 0 atom stereocenters. The molecule has 1 N–H and O–H groups in total. The number of hydrogen-bond acceptors (Lipinski definition) is 3. The first-order valence-electron chi connectivity index (χ1n) is 7.05. The molecule has 0 bridgehead atoms. The molecule has 0 aliphatic carbocycles. The highest BCUT2D eigenvalue weighted by Gasteiger charge is 2.17. The summed E-state index contributed by atoms with van der Waals surface area (Å²) >= 11 is 0. The summed E-state index contributed by atoms with van der Waals surface area (Å²) in [7, 11) is 0. The molecule has 3 heteroatoms. The molecule has 1 aliphatic rings. The third-order valence-electron chi connectivity index (χ3n) is 2.99. The Morgan fingerprint density at radius 3 is 2.11 bits per heavy atom. The van der Waals surface area contributed by atoms with Gasteiger partial charge in [0.15, 0.2) is 0 Å². The predicted octanol–water partition coefficient (Wildman–Crippen LogP) is 1.61. The molecule has 0 spiro atoms. The van der Waals surface area contributed by atoms with Crippen molar-refractivity contribution in [2.45, 2.75) is 40.2 Å². The second-order valence-electron chi connectivity index (χ2n) is 6.45. The lowest BCUT2D eigenvalue weighted by atomic mass is 10.1. The van der Waals surface area contributed by atoms with E-state index in [1.165, 1.54) is 0 Å². The first-order chi connectivity index (χ1) is 8.37. The Kier molecular flexibility index (Phi) is 6.14. The van der Waals surface area contributed by atoms with Gasteiger partial charge in [-0.3, -0.25) is 15.1 Å². The Balaban J connectivity index is 2.19. The molecule has 1 rings (SSSR count). The van der Waals surface area contributed by atoms with E-state index in [1.54, 1.807) is 0 Å². The van der Waals surface area contributed by atoms with Gasteiger partial charge < -0.3 is 0 Å². The van der Waals surface area contributed by atoms with Gasteiger partial charge >= 0.3 is 0 Å². The van der Waals surface area contributed by atoms with Crippen molar-refractivity contribution in [2.75, 3.05) is 39.4 Å². The molecular formula is C15H29N3. The molecule has 104 valence electrons. The minimum atomic E-state index is 0.208. The molecule has 0 aromatic heterocycles. The van der Waals surface area contributed by atoms with Gasteiger partial charge in [-0.2, -0.15) is 0 Å². The Hall–Kier alpha value is -0.560. The fraction of sp³-hybridized carbons (Fsp3) is 0.867. The Morgan fingerprint density at radius 2 is 1.61 bits per heavy atom. The van der Waals surface area contributed by atoms with Crippen LogP contribution in [0.25, 0.3) is 0 Å². The van der Waals surface area contributed by atoms with E-state index in [2.05, 4.69) is 61.6 Å². The van der Waals surface area contributed by atoms with Crippen LogP contribution < -0.4 is 5.32 Å². The van der Waals surface area contributed by atoms with Crippen LogP contribution in [0.4, 0.5) is 0 Å². The van der Waals surface area contributed by atoms with E-state index in [-0.39, 0.29) is 5.54 Å². The first kappa shape index (κ1) is 15.5. The van der Waals surface area contributed by atoms with E-state index in [0.29, 0.717) is 5.92 Å². The zero-order chi connectivity index (χ0) is 13.6. The van der Waals surface area contributed by atoms with Crippen LogP contribution in [0, 0.1) is 17.8 Å². The van der Waals surface area contributed by atoms with Crippen molar-refractivity contribution in [3.8, 4) is 11.8 Å². The normalized spacial score (nSPS) is 18.8. The standard InChI is InChI=1S/C15H29N3/c1-14(2)7-6-8-17-9-11-18(12-10-17)13-16-15(3,4)5/h14,16H,8-13H2,1-5H3. The Bertz CT molecular complexity index is 285. The van der Waals surface area contributed by atoms with Crippen molar-refractivity contribution in [2.24, 2.45) is 5.92 Å². The Morgan fingerprint density at radius 1 is 1.06 bits per heavy atom. The zero-order valence-corrected chi connectivity index (χ0v) is 12.7. The smallest absolute Gasteiger partial charge is 0.0602 e. The van der Waals surface area contributed by atoms with Gasteiger partial charge in [-0.1, -0.05) is 25.7 Å². The predicted molar refractivity (Wildman–Crippen MR) is 78.4 cm³/mol. The van der Waals surface area contributed by atoms with Crippen LogP contribution in [0.15, 0.2) is 0 Å². The quantitative estimate of drug-likeness (QED) is 0.769. The third-order valence-corrected chi connectivity index (χ3v) is 2.99. The topological polar surface area (TPSA) is 18.5 Å². The van der Waals surface area contributed by atoms with Gasteiger partial charge in [-0.15, -0.1) is 0 Å². The average Bonchev–Trinajstić information content (AvgIpc) is 2.26. The fourth-order valence-electron chi connectivity index (χ4n) is 1.82. The van der Waals surface area contributed by atoms with Crippen molar-refractivity contribution in [1.29, 1.82) is 0 Å². The van der Waals surface area contributed by atoms with Crippen LogP contribution >= 0.6 is 0 Å². The summed E-state index contributed by atoms with van der Waals surface area (Å²) in [5, 5.41) is 3.54. The molecule has 0 amide bonds. The summed E-state index contributed by atoms with van der Waals surface area (Å²) in [4.78, 5) is 4.93. The van der Waals surface area contributed by atoms with Crippen LogP contribution in [0.3, 0.4) is 0 Å². The molecule has 1 saturated heterocycles. The number of piperazine rings is 1. The average molecular weight is 251 g/mol. The van der Waals surface area contributed by atoms with Gasteiger partial charge in [0, 0.05) is 44.3 Å². The number of nitrogens with one attached hydrogen (secondary N) is 1. The lowest BCUT2D eigenvalue weighted by molar-refractivity contribution is 0.126. The van der Waals surface area contributed by atoms with Crippen molar-refractivity contribution in [1.82, 2.24) is 15.1 Å². The summed E-state index contributed by atoms with van der Waals surface area (Å²) < 4.78 is 0. The second kappa shape index (κ2) is 7.13. The maximum Gasteiger partial charge on any atom is 0.0602 e. The van der Waals surface area contributed by atoms with Crippen LogP contribution in [0.5, 0.6) is 0 Å². The number of nitrogens with zero attached hydrogens (tertiary/aromatic N) is 2. The van der Waals surface area contributed by atoms with Crippen molar-refractivity contribution < 1.29 is 0 Å². The van der Waals surface area contributed by atoms with E-state index in [4.69, 9.17) is 0 Å². The van der Waals surface area contributed by atoms with Crippen molar-refractivity contribution in [3.63, 3.8) is 0 Å². The third kappa shape index (κ3) is 7.00. The molecular weight excluding hydrogens is 222 g/mol. The molecule has 0 unspecified atom stereocenters. The second-order valence-corrected chi connectivity index (χ2v) is 6.45. The minimum absolute atomic E-state index is 0.208. The maximum absolute atomic E-state index is 3.54. The van der Waals surface area contributed by atoms with E-state index in [0.717, 1.165) is 39.4 Å². The Labute approximate surface area is 113 Å². The zero-order valence-electron chi connectivity index (χ0n) is 12.7.